The fraction of sp³-hybridized carbons (Fsp3) is 0. The molecule has 2 rings (SSSR count). The smallest absolute Gasteiger partial charge is 0.312 e. The van der Waals surface area contributed by atoms with E-state index in [0.29, 0.717) is 5.02 Å². The second-order valence-corrected chi connectivity index (χ2v) is 6.01. The Kier molecular flexibility index (Phi) is 3.96. The number of aromatic nitrogens is 1. The van der Waals surface area contributed by atoms with Crippen molar-refractivity contribution in [3.8, 4) is 0 Å². The van der Waals surface area contributed by atoms with Gasteiger partial charge in [0.05, 0.1) is 9.95 Å². The van der Waals surface area contributed by atoms with Gasteiger partial charge in [-0.25, -0.2) is 13.4 Å². The monoisotopic (exact) mass is 328 g/mol. The SMILES string of the molecule is Nc1cccc(S(=O)(=O)Nc2ccc(Cl)cn2)c1[N+](=O)[O-]. The first kappa shape index (κ1) is 15.0. The zero-order valence-corrected chi connectivity index (χ0v) is 11.9. The predicted molar refractivity (Wildman–Crippen MR) is 77.6 cm³/mol. The van der Waals surface area contributed by atoms with Crippen LogP contribution in [0.15, 0.2) is 41.4 Å². The number of sulfonamides is 1. The molecule has 0 fully saturated rings. The van der Waals surface area contributed by atoms with Crippen LogP contribution >= 0.6 is 11.6 Å². The molecule has 0 spiro atoms. The first-order valence-electron chi connectivity index (χ1n) is 5.48. The maximum absolute atomic E-state index is 12.2. The van der Waals surface area contributed by atoms with Gasteiger partial charge in [0.2, 0.25) is 0 Å². The van der Waals surface area contributed by atoms with Gasteiger partial charge in [-0.2, -0.15) is 0 Å². The lowest BCUT2D eigenvalue weighted by atomic mass is 10.3. The number of nitrogens with two attached hydrogens (primary N) is 1. The molecule has 1 aromatic carbocycles. The van der Waals surface area contributed by atoms with Crippen LogP contribution < -0.4 is 10.5 Å². The number of para-hydroxylation sites is 1. The highest BCUT2D eigenvalue weighted by Crippen LogP contribution is 2.30. The second-order valence-electron chi connectivity index (χ2n) is 3.92. The van der Waals surface area contributed by atoms with Gasteiger partial charge in [-0.15, -0.1) is 0 Å². The Hall–Kier alpha value is -2.39. The van der Waals surface area contributed by atoms with Crippen molar-refractivity contribution in [3.63, 3.8) is 0 Å². The minimum absolute atomic E-state index is 0.0175. The molecule has 0 saturated heterocycles. The minimum atomic E-state index is -4.20. The number of nitrogens with one attached hydrogen (secondary N) is 1. The number of nitrogen functional groups attached to an aromatic ring is 1. The van der Waals surface area contributed by atoms with E-state index < -0.39 is 25.5 Å². The summed E-state index contributed by atoms with van der Waals surface area (Å²) in [5.41, 5.74) is 4.54. The molecule has 0 radical (unpaired) electrons. The van der Waals surface area contributed by atoms with E-state index in [0.717, 1.165) is 6.07 Å². The lowest BCUT2D eigenvalue weighted by Crippen LogP contribution is -2.16. The fourth-order valence-electron chi connectivity index (χ4n) is 1.58. The molecule has 0 saturated carbocycles. The molecule has 3 N–H and O–H groups in total. The molecule has 10 heteroatoms. The molecule has 0 atom stereocenters. The molecular formula is C11H9ClN4O4S. The molecule has 1 heterocycles. The first-order chi connectivity index (χ1) is 9.81. The third kappa shape index (κ3) is 3.20. The van der Waals surface area contributed by atoms with Crippen LogP contribution in [0, 0.1) is 10.1 Å². The summed E-state index contributed by atoms with van der Waals surface area (Å²) in [6.07, 6.45) is 1.24. The normalized spacial score (nSPS) is 11.1. The quantitative estimate of drug-likeness (QED) is 0.502. The van der Waals surface area contributed by atoms with Crippen molar-refractivity contribution >= 4 is 38.8 Å². The number of benzene rings is 1. The van der Waals surface area contributed by atoms with Crippen LogP contribution in [0.1, 0.15) is 0 Å². The summed E-state index contributed by atoms with van der Waals surface area (Å²) in [6.45, 7) is 0. The number of nitro groups is 1. The van der Waals surface area contributed by atoms with Gasteiger partial charge >= 0.3 is 5.69 Å². The average molecular weight is 329 g/mol. The number of anilines is 2. The fourth-order valence-corrected chi connectivity index (χ4v) is 2.90. The van der Waals surface area contributed by atoms with Crippen molar-refractivity contribution in [2.24, 2.45) is 0 Å². The van der Waals surface area contributed by atoms with Gasteiger partial charge in [0.1, 0.15) is 11.5 Å². The van der Waals surface area contributed by atoms with Crippen molar-refractivity contribution < 1.29 is 13.3 Å². The Morgan fingerprint density at radius 2 is 2.00 bits per heavy atom. The Labute approximate surface area is 124 Å². The maximum Gasteiger partial charge on any atom is 0.312 e. The minimum Gasteiger partial charge on any atom is -0.393 e. The summed E-state index contributed by atoms with van der Waals surface area (Å²) in [5, 5.41) is 11.3. The number of rotatable bonds is 4. The maximum atomic E-state index is 12.2. The Balaban J connectivity index is 2.47. The number of nitrogens with zero attached hydrogens (tertiary/aromatic N) is 2. The molecule has 2 aromatic rings. The van der Waals surface area contributed by atoms with Crippen molar-refractivity contribution in [1.29, 1.82) is 0 Å². The van der Waals surface area contributed by atoms with E-state index in [1.807, 2.05) is 0 Å². The molecule has 21 heavy (non-hydrogen) atoms. The largest absolute Gasteiger partial charge is 0.393 e. The van der Waals surface area contributed by atoms with Crippen LogP contribution in [0.5, 0.6) is 0 Å². The van der Waals surface area contributed by atoms with Crippen LogP contribution in [-0.4, -0.2) is 18.3 Å². The van der Waals surface area contributed by atoms with E-state index >= 15 is 0 Å². The Morgan fingerprint density at radius 3 is 2.57 bits per heavy atom. The third-order valence-electron chi connectivity index (χ3n) is 2.47. The van der Waals surface area contributed by atoms with Crippen LogP contribution in [-0.2, 0) is 10.0 Å². The molecule has 0 bridgehead atoms. The summed E-state index contributed by atoms with van der Waals surface area (Å²) in [7, 11) is -4.20. The molecule has 8 nitrogen and oxygen atoms in total. The van der Waals surface area contributed by atoms with E-state index in [2.05, 4.69) is 9.71 Å². The topological polar surface area (TPSA) is 128 Å². The van der Waals surface area contributed by atoms with Crippen LogP contribution in [0.3, 0.4) is 0 Å². The van der Waals surface area contributed by atoms with Gasteiger partial charge in [0.25, 0.3) is 10.0 Å². The van der Waals surface area contributed by atoms with Gasteiger partial charge < -0.3 is 5.73 Å². The first-order valence-corrected chi connectivity index (χ1v) is 7.34. The standard InChI is InChI=1S/C11H9ClN4O4S/c12-7-4-5-10(14-6-7)15-21(19,20)9-3-1-2-8(13)11(9)16(17)18/h1-6H,13H2,(H,14,15). The number of hydrogen-bond acceptors (Lipinski definition) is 6. The highest BCUT2D eigenvalue weighted by molar-refractivity contribution is 7.92. The van der Waals surface area contributed by atoms with E-state index in [9.17, 15) is 18.5 Å². The molecule has 1 aromatic heterocycles. The van der Waals surface area contributed by atoms with Crippen LogP contribution in [0.2, 0.25) is 5.02 Å². The summed E-state index contributed by atoms with van der Waals surface area (Å²) in [6, 6.07) is 6.41. The summed E-state index contributed by atoms with van der Waals surface area (Å²) >= 11 is 5.64. The van der Waals surface area contributed by atoms with Gasteiger partial charge in [0, 0.05) is 6.20 Å². The molecule has 0 aliphatic carbocycles. The second kappa shape index (κ2) is 5.54. The molecule has 0 aliphatic heterocycles. The summed E-state index contributed by atoms with van der Waals surface area (Å²) in [5.74, 6) is -0.0175. The zero-order chi connectivity index (χ0) is 15.6. The lowest BCUT2D eigenvalue weighted by molar-refractivity contribution is -0.386. The Morgan fingerprint density at radius 1 is 1.29 bits per heavy atom. The molecule has 0 unspecified atom stereocenters. The van der Waals surface area contributed by atoms with Gasteiger partial charge in [-0.3, -0.25) is 14.8 Å². The number of nitro benzene ring substituents is 1. The average Bonchev–Trinajstić information content (AvgIpc) is 2.40. The number of hydrogen-bond donors (Lipinski definition) is 2. The van der Waals surface area contributed by atoms with E-state index in [4.69, 9.17) is 17.3 Å². The van der Waals surface area contributed by atoms with Crippen LogP contribution in [0.4, 0.5) is 17.2 Å². The van der Waals surface area contributed by atoms with Gasteiger partial charge in [0.15, 0.2) is 4.90 Å². The summed E-state index contributed by atoms with van der Waals surface area (Å²) in [4.78, 5) is 13.4. The predicted octanol–water partition coefficient (Wildman–Crippen LogP) is 2.03. The van der Waals surface area contributed by atoms with Gasteiger partial charge in [-0.1, -0.05) is 17.7 Å². The Bertz CT molecular complexity index is 792. The van der Waals surface area contributed by atoms with E-state index in [1.165, 1.54) is 30.5 Å². The zero-order valence-electron chi connectivity index (χ0n) is 10.4. The summed E-state index contributed by atoms with van der Waals surface area (Å²) < 4.78 is 26.6. The highest BCUT2D eigenvalue weighted by Gasteiger charge is 2.28. The number of pyridine rings is 1. The van der Waals surface area contributed by atoms with E-state index in [1.54, 1.807) is 0 Å². The highest BCUT2D eigenvalue weighted by atomic mass is 35.5. The van der Waals surface area contributed by atoms with Crippen LogP contribution in [0.25, 0.3) is 0 Å². The molecular weight excluding hydrogens is 320 g/mol. The van der Waals surface area contributed by atoms with Crippen molar-refractivity contribution in [2.75, 3.05) is 10.5 Å². The number of halogens is 1. The third-order valence-corrected chi connectivity index (χ3v) is 4.08. The lowest BCUT2D eigenvalue weighted by Gasteiger charge is -2.08. The van der Waals surface area contributed by atoms with E-state index in [-0.39, 0.29) is 11.5 Å². The van der Waals surface area contributed by atoms with Gasteiger partial charge in [-0.05, 0) is 24.3 Å². The van der Waals surface area contributed by atoms with Crippen molar-refractivity contribution in [1.82, 2.24) is 4.98 Å². The molecule has 0 aliphatic rings. The van der Waals surface area contributed by atoms with Crippen molar-refractivity contribution in [3.05, 3.63) is 51.7 Å². The van der Waals surface area contributed by atoms with Crippen molar-refractivity contribution in [2.45, 2.75) is 4.90 Å². The molecule has 110 valence electrons. The molecule has 0 amide bonds.